The molecular weight excluding hydrogens is 240 g/mol. The minimum absolute atomic E-state index is 0.0630. The molecule has 0 aromatic carbocycles. The van der Waals surface area contributed by atoms with Crippen LogP contribution in [-0.2, 0) is 16.1 Å². The Hall–Kier alpha value is -1.26. The van der Waals surface area contributed by atoms with Crippen molar-refractivity contribution >= 4 is 5.78 Å². The molecule has 4 nitrogen and oxygen atoms in total. The van der Waals surface area contributed by atoms with Crippen LogP contribution in [0.5, 0.6) is 0 Å². The predicted octanol–water partition coefficient (Wildman–Crippen LogP) is 2.45. The largest absolute Gasteiger partial charge is 0.372 e. The summed E-state index contributed by atoms with van der Waals surface area (Å²) in [6.45, 7) is 9.88. The van der Waals surface area contributed by atoms with Crippen LogP contribution in [0.2, 0.25) is 0 Å². The Kier molecular flexibility index (Phi) is 9.94. The number of carbonyl (C=O) groups excluding carboxylic acids is 1. The molecule has 4 heteroatoms. The predicted molar refractivity (Wildman–Crippen MR) is 78.2 cm³/mol. The summed E-state index contributed by atoms with van der Waals surface area (Å²) in [5.74, 6) is 0.0630. The van der Waals surface area contributed by atoms with Crippen LogP contribution in [0.1, 0.15) is 32.2 Å². The lowest BCUT2D eigenvalue weighted by Gasteiger charge is -2.16. The highest BCUT2D eigenvalue weighted by Gasteiger charge is 2.02. The van der Waals surface area contributed by atoms with Crippen LogP contribution in [0.3, 0.4) is 0 Å². The summed E-state index contributed by atoms with van der Waals surface area (Å²) in [6, 6.07) is 6.01. The number of aromatic nitrogens is 1. The van der Waals surface area contributed by atoms with Crippen LogP contribution in [0.4, 0.5) is 0 Å². The molecule has 0 aliphatic heterocycles. The molecule has 0 unspecified atom stereocenters. The Labute approximate surface area is 116 Å². The quantitative estimate of drug-likeness (QED) is 0.711. The lowest BCUT2D eigenvalue weighted by atomic mass is 10.3. The number of hydrogen-bond donors (Lipinski definition) is 0. The maximum Gasteiger partial charge on any atom is 0.155 e. The van der Waals surface area contributed by atoms with Gasteiger partial charge in [0.05, 0.1) is 12.3 Å². The van der Waals surface area contributed by atoms with Gasteiger partial charge in [0.1, 0.15) is 6.61 Å². The monoisotopic (exact) mass is 266 g/mol. The first-order valence-electron chi connectivity index (χ1n) is 6.76. The van der Waals surface area contributed by atoms with Crippen molar-refractivity contribution in [1.29, 1.82) is 0 Å². The third-order valence-corrected chi connectivity index (χ3v) is 2.30. The van der Waals surface area contributed by atoms with Crippen molar-refractivity contribution in [3.05, 3.63) is 29.6 Å². The molecule has 1 rings (SSSR count). The molecule has 0 bridgehead atoms. The number of hydrogen-bond acceptors (Lipinski definition) is 4. The molecule has 0 saturated heterocycles. The van der Waals surface area contributed by atoms with Crippen LogP contribution >= 0.6 is 0 Å². The van der Waals surface area contributed by atoms with E-state index in [0.717, 1.165) is 24.5 Å². The van der Waals surface area contributed by atoms with Crippen LogP contribution in [-0.4, -0.2) is 42.5 Å². The van der Waals surface area contributed by atoms with Gasteiger partial charge < -0.3 is 4.74 Å². The van der Waals surface area contributed by atoms with Crippen molar-refractivity contribution in [2.45, 2.75) is 34.2 Å². The van der Waals surface area contributed by atoms with E-state index < -0.39 is 0 Å². The minimum Gasteiger partial charge on any atom is -0.372 e. The number of ether oxygens (including phenoxy) is 1. The zero-order valence-electron chi connectivity index (χ0n) is 12.8. The summed E-state index contributed by atoms with van der Waals surface area (Å²) >= 11 is 0. The number of aryl methyl sites for hydroxylation is 1. The highest BCUT2D eigenvalue weighted by Crippen LogP contribution is 2.01. The zero-order valence-corrected chi connectivity index (χ0v) is 12.8. The van der Waals surface area contributed by atoms with E-state index in [1.807, 2.05) is 46.0 Å². The number of rotatable bonds is 7. The Bertz CT molecular complexity index is 367. The summed E-state index contributed by atoms with van der Waals surface area (Å²) in [5, 5.41) is 0. The van der Waals surface area contributed by atoms with E-state index in [1.54, 1.807) is 0 Å². The normalized spacial score (nSPS) is 10.0. The molecule has 0 N–H and O–H groups in total. The van der Waals surface area contributed by atoms with Gasteiger partial charge in [-0.2, -0.15) is 0 Å². The number of nitrogens with zero attached hydrogens (tertiary/aromatic N) is 2. The summed E-state index contributed by atoms with van der Waals surface area (Å²) < 4.78 is 5.22. The Balaban J connectivity index is 0.00000154. The van der Waals surface area contributed by atoms with Gasteiger partial charge in [-0.05, 0) is 33.0 Å². The smallest absolute Gasteiger partial charge is 0.155 e. The van der Waals surface area contributed by atoms with Gasteiger partial charge in [0, 0.05) is 18.8 Å². The zero-order chi connectivity index (χ0) is 14.7. The van der Waals surface area contributed by atoms with Gasteiger partial charge in [-0.1, -0.05) is 19.9 Å². The van der Waals surface area contributed by atoms with Crippen LogP contribution < -0.4 is 0 Å². The molecule has 0 aliphatic carbocycles. The Morgan fingerprint density at radius 2 is 2.05 bits per heavy atom. The fourth-order valence-corrected chi connectivity index (χ4v) is 1.48. The highest BCUT2D eigenvalue weighted by molar-refractivity contribution is 5.76. The fourth-order valence-electron chi connectivity index (χ4n) is 1.48. The van der Waals surface area contributed by atoms with Crippen LogP contribution in [0, 0.1) is 6.92 Å². The first-order chi connectivity index (χ1) is 9.08. The summed E-state index contributed by atoms with van der Waals surface area (Å²) in [5.41, 5.74) is 2.09. The number of likely N-dealkylation sites (N-methyl/N-ethyl adjacent to an activating group) is 1. The maximum atomic E-state index is 10.7. The van der Waals surface area contributed by atoms with Crippen molar-refractivity contribution < 1.29 is 9.53 Å². The molecule has 19 heavy (non-hydrogen) atoms. The topological polar surface area (TPSA) is 42.4 Å². The first kappa shape index (κ1) is 17.7. The van der Waals surface area contributed by atoms with Gasteiger partial charge in [-0.3, -0.25) is 14.7 Å². The molecule has 0 aliphatic rings. The van der Waals surface area contributed by atoms with Gasteiger partial charge in [0.2, 0.25) is 0 Å². The second kappa shape index (κ2) is 10.6. The van der Waals surface area contributed by atoms with E-state index in [9.17, 15) is 4.79 Å². The van der Waals surface area contributed by atoms with Gasteiger partial charge in [0.25, 0.3) is 0 Å². The third-order valence-electron chi connectivity index (χ3n) is 2.30. The molecule has 1 aromatic heterocycles. The van der Waals surface area contributed by atoms with E-state index in [4.69, 9.17) is 4.74 Å². The molecule has 108 valence electrons. The standard InChI is InChI=1S/C13H20N2O2.C2H6/c1-11-5-4-6-13(14-11)9-15(3)7-8-17-10-12(2)16;1-2/h4-6H,7-10H2,1-3H3;1-2H3. The summed E-state index contributed by atoms with van der Waals surface area (Å²) in [7, 11) is 2.02. The van der Waals surface area contributed by atoms with Gasteiger partial charge in [0.15, 0.2) is 5.78 Å². The average molecular weight is 266 g/mol. The first-order valence-corrected chi connectivity index (χ1v) is 6.76. The third kappa shape index (κ3) is 9.33. The van der Waals surface area contributed by atoms with E-state index in [0.29, 0.717) is 6.61 Å². The lowest BCUT2D eigenvalue weighted by molar-refractivity contribution is -0.121. The molecular formula is C15H26N2O2. The van der Waals surface area contributed by atoms with Crippen molar-refractivity contribution in [3.63, 3.8) is 0 Å². The van der Waals surface area contributed by atoms with Crippen molar-refractivity contribution in [1.82, 2.24) is 9.88 Å². The number of ketones is 1. The molecule has 0 amide bonds. The van der Waals surface area contributed by atoms with Crippen LogP contribution in [0.15, 0.2) is 18.2 Å². The molecule has 0 fully saturated rings. The fraction of sp³-hybridized carbons (Fsp3) is 0.600. The molecule has 0 saturated carbocycles. The lowest BCUT2D eigenvalue weighted by Crippen LogP contribution is -2.24. The highest BCUT2D eigenvalue weighted by atomic mass is 16.5. The maximum absolute atomic E-state index is 10.7. The minimum atomic E-state index is 0.0630. The molecule has 0 radical (unpaired) electrons. The summed E-state index contributed by atoms with van der Waals surface area (Å²) in [4.78, 5) is 17.2. The van der Waals surface area contributed by atoms with Gasteiger partial charge in [-0.25, -0.2) is 0 Å². The van der Waals surface area contributed by atoms with Crippen molar-refractivity contribution in [2.75, 3.05) is 26.8 Å². The van der Waals surface area contributed by atoms with Crippen LogP contribution in [0.25, 0.3) is 0 Å². The molecule has 0 atom stereocenters. The summed E-state index contributed by atoms with van der Waals surface area (Å²) in [6.07, 6.45) is 0. The second-order valence-electron chi connectivity index (χ2n) is 4.26. The second-order valence-corrected chi connectivity index (χ2v) is 4.26. The van der Waals surface area contributed by atoms with Crippen molar-refractivity contribution in [2.24, 2.45) is 0 Å². The van der Waals surface area contributed by atoms with E-state index in [2.05, 4.69) is 9.88 Å². The number of carbonyl (C=O) groups is 1. The van der Waals surface area contributed by atoms with E-state index in [1.165, 1.54) is 6.92 Å². The molecule has 1 aromatic rings. The van der Waals surface area contributed by atoms with Crippen molar-refractivity contribution in [3.8, 4) is 0 Å². The average Bonchev–Trinajstić information content (AvgIpc) is 2.37. The van der Waals surface area contributed by atoms with Gasteiger partial charge in [-0.15, -0.1) is 0 Å². The van der Waals surface area contributed by atoms with E-state index >= 15 is 0 Å². The Morgan fingerprint density at radius 3 is 2.63 bits per heavy atom. The SMILES string of the molecule is CC.CC(=O)COCCN(C)Cc1cccc(C)n1. The van der Waals surface area contributed by atoms with E-state index in [-0.39, 0.29) is 12.4 Å². The molecule has 0 spiro atoms. The number of pyridine rings is 1. The van der Waals surface area contributed by atoms with Gasteiger partial charge >= 0.3 is 0 Å². The number of Topliss-reactive ketones (excluding diaryl/α,β-unsaturated/α-hetero) is 1. The molecule has 1 heterocycles. The Morgan fingerprint density at radius 1 is 1.37 bits per heavy atom.